The number of anilines is 2. The van der Waals surface area contributed by atoms with E-state index in [2.05, 4.69) is 40.0 Å². The van der Waals surface area contributed by atoms with E-state index >= 15 is 0 Å². The molecule has 0 aromatic heterocycles. The van der Waals surface area contributed by atoms with Crippen molar-refractivity contribution >= 4 is 156 Å². The summed E-state index contributed by atoms with van der Waals surface area (Å²) in [6, 6.07) is 14.6. The number of carboxylic acid groups (broad SMARTS) is 2. The van der Waals surface area contributed by atoms with E-state index in [9.17, 15) is 83.6 Å². The maximum atomic E-state index is 13.2. The van der Waals surface area contributed by atoms with Crippen LogP contribution < -0.4 is 51.2 Å². The van der Waals surface area contributed by atoms with Crippen molar-refractivity contribution in [3.05, 3.63) is 120 Å². The molecule has 500 valence electrons. The Hall–Kier alpha value is -6.76. The number of unbranched alkanes of at least 4 members (excludes halogenated alkanes) is 2. The van der Waals surface area contributed by atoms with Gasteiger partial charge in [0.2, 0.25) is 11.6 Å². The molecule has 5 aromatic rings. The van der Waals surface area contributed by atoms with Gasteiger partial charge in [0.25, 0.3) is 0 Å². The molecule has 0 saturated heterocycles. The molecule has 4 amide bonds. The molecule has 0 fully saturated rings. The van der Waals surface area contributed by atoms with E-state index in [0.717, 1.165) is 35.3 Å². The van der Waals surface area contributed by atoms with E-state index in [0.29, 0.717) is 98.7 Å². The van der Waals surface area contributed by atoms with Gasteiger partial charge in [-0.05, 0) is 110 Å². The summed E-state index contributed by atoms with van der Waals surface area (Å²) in [6.07, 6.45) is 9.03. The van der Waals surface area contributed by atoms with Crippen LogP contribution in [-0.2, 0) is 78.6 Å². The Morgan fingerprint density at radius 3 is 2.04 bits per heavy atom. The molecule has 0 aliphatic carbocycles. The van der Waals surface area contributed by atoms with Crippen LogP contribution >= 0.6 is 35.8 Å². The Kier molecular flexibility index (Phi) is 25.4. The summed E-state index contributed by atoms with van der Waals surface area (Å²) in [7, 11) is -10.1. The summed E-state index contributed by atoms with van der Waals surface area (Å²) >= 11 is -1.36. The molecule has 0 unspecified atom stereocenters. The Bertz CT molecular complexity index is 4050. The van der Waals surface area contributed by atoms with Gasteiger partial charge >= 0.3 is 130 Å². The molecule has 93 heavy (non-hydrogen) atoms. The van der Waals surface area contributed by atoms with Gasteiger partial charge in [0.15, 0.2) is 5.71 Å². The molecule has 34 heteroatoms. The number of rotatable bonds is 33. The average molecular weight is 1440 g/mol. The molecule has 0 bridgehead atoms. The number of aliphatic carboxylic acids is 2. The Labute approximate surface area is 552 Å². The van der Waals surface area contributed by atoms with Gasteiger partial charge in [0.1, 0.15) is 26.8 Å². The number of thioether (sulfide) groups is 1. The Morgan fingerprint density at radius 2 is 1.40 bits per heavy atom. The molecule has 2 aliphatic rings. The first-order valence-corrected chi connectivity index (χ1v) is 36.3. The molecule has 2 aliphatic heterocycles. The molecule has 0 radical (unpaired) electrons. The zero-order valence-corrected chi connectivity index (χ0v) is 56.1. The van der Waals surface area contributed by atoms with Crippen molar-refractivity contribution in [2.45, 2.75) is 116 Å². The van der Waals surface area contributed by atoms with Crippen molar-refractivity contribution < 1.29 is 107 Å². The first-order chi connectivity index (χ1) is 43.9. The first-order valence-electron chi connectivity index (χ1n) is 28.2. The quantitative estimate of drug-likeness (QED) is 0.00485. The van der Waals surface area contributed by atoms with E-state index in [1.165, 1.54) is 36.4 Å². The van der Waals surface area contributed by atoms with Crippen molar-refractivity contribution in [2.75, 3.05) is 41.4 Å². The third kappa shape index (κ3) is 18.4. The van der Waals surface area contributed by atoms with Crippen molar-refractivity contribution in [3.63, 3.8) is 0 Å². The van der Waals surface area contributed by atoms with Gasteiger partial charge in [-0.2, -0.15) is 13.2 Å². The standard InChI is InChI=1S/C59H67AsN6O22S5/c1-6-65-44-23-20-38-41(29-37(92(79,80)81)30-46(38)91-88-86-78)55(44)58(2,3)48(65)13-9-7-10-14-49-59(4,5)54-40-27-36(90-87-85-77)28-47(93(82,83)84)39(40)21-24-45(54)66(49)26-12-8-11-15-50(67)63-42(57(73)74)22-25-51(68)64-43(56(72)61-31-53(70)71)32-89-33-52(69)62-35-18-16-34(17-19-35)60(75)76/h7,9-10,13-14,16-21,23-24,27-30,42-43,75-76H,6,8,11-12,15,22,25-26,31-33H2,1-5H3,(H9-,61,62,63,64,67,68,69,70,71,72,73,74,77,78,79,80,81,82,83,84)/p-5/t42-,43-/m0/s1. The third-order valence-electron chi connectivity index (χ3n) is 15.2. The number of nitrogens with one attached hydrogen (secondary N) is 4. The summed E-state index contributed by atoms with van der Waals surface area (Å²) < 4.78 is 106. The fourth-order valence-electron chi connectivity index (χ4n) is 11.2. The van der Waals surface area contributed by atoms with Gasteiger partial charge in [-0.25, -0.2) is 16.8 Å². The minimum absolute atomic E-state index is 0.0698. The van der Waals surface area contributed by atoms with Crippen molar-refractivity contribution in [2.24, 2.45) is 0 Å². The van der Waals surface area contributed by atoms with Crippen LogP contribution in [0.15, 0.2) is 128 Å². The second-order valence-electron chi connectivity index (χ2n) is 22.0. The van der Waals surface area contributed by atoms with Crippen LogP contribution in [0.25, 0.3) is 21.5 Å². The number of benzene rings is 5. The number of allylic oxidation sites excluding steroid dienone is 6. The van der Waals surface area contributed by atoms with E-state index in [4.69, 9.17) is 0 Å². The number of carboxylic acids is 2. The number of carbonyl (C=O) groups excluding carboxylic acids is 6. The van der Waals surface area contributed by atoms with Crippen LogP contribution in [0, 0.1) is 0 Å². The van der Waals surface area contributed by atoms with Crippen molar-refractivity contribution in [1.82, 2.24) is 16.0 Å². The number of nitrogens with zero attached hydrogens (tertiary/aromatic N) is 2. The van der Waals surface area contributed by atoms with Gasteiger partial charge < -0.3 is 49.6 Å². The van der Waals surface area contributed by atoms with Crippen LogP contribution in [0.5, 0.6) is 0 Å². The third-order valence-corrected chi connectivity index (χ3v) is 20.7. The second kappa shape index (κ2) is 32.1. The van der Waals surface area contributed by atoms with E-state index in [-0.39, 0.29) is 39.5 Å². The predicted molar refractivity (Wildman–Crippen MR) is 332 cm³/mol. The number of carbonyl (C=O) groups is 6. The van der Waals surface area contributed by atoms with Crippen molar-refractivity contribution in [3.8, 4) is 0 Å². The minimum atomic E-state index is -5.10. The number of fused-ring (bicyclic) bond motifs is 6. The first kappa shape index (κ1) is 73.6. The molecule has 5 aromatic carbocycles. The predicted octanol–water partition coefficient (Wildman–Crippen LogP) is 0.431. The maximum absolute atomic E-state index is 13.2. The van der Waals surface area contributed by atoms with Gasteiger partial charge in [0.05, 0.1) is 63.8 Å². The summed E-state index contributed by atoms with van der Waals surface area (Å²) in [4.78, 5) is 76.3. The zero-order valence-electron chi connectivity index (χ0n) is 50.2. The summed E-state index contributed by atoms with van der Waals surface area (Å²) in [5.41, 5.74) is 2.82. The Balaban J connectivity index is 1.05. The van der Waals surface area contributed by atoms with Crippen LogP contribution in [0.4, 0.5) is 17.1 Å². The number of hydrogen-bond acceptors (Lipinski definition) is 26. The van der Waals surface area contributed by atoms with Crippen LogP contribution in [-0.4, -0.2) is 139 Å². The Morgan fingerprint density at radius 1 is 0.731 bits per heavy atom. The molecule has 2 heterocycles. The fraction of sp³-hybridized carbons (Fsp3) is 0.339. The van der Waals surface area contributed by atoms with Crippen LogP contribution in [0.1, 0.15) is 84.3 Å². The van der Waals surface area contributed by atoms with Gasteiger partial charge in [-0.15, -0.1) is 0 Å². The van der Waals surface area contributed by atoms with Crippen LogP contribution in [0.3, 0.4) is 0 Å². The molecule has 0 spiro atoms. The fourth-order valence-corrected chi connectivity index (χ4v) is 15.3. The molecular formula is C59H62AsN6O22S5-5. The molecule has 2 atom stereocenters. The molecule has 6 N–H and O–H groups in total. The molecule has 0 saturated carbocycles. The molecule has 7 rings (SSSR count). The van der Waals surface area contributed by atoms with E-state index in [1.54, 1.807) is 36.4 Å². The van der Waals surface area contributed by atoms with Gasteiger partial charge in [0, 0.05) is 63.7 Å². The van der Waals surface area contributed by atoms with E-state index in [1.807, 2.05) is 62.3 Å². The average Bonchev–Trinajstić information content (AvgIpc) is 1.60. The summed E-state index contributed by atoms with van der Waals surface area (Å²) in [5, 5.41) is 62.8. The minimum Gasteiger partial charge on any atom is -0.744 e. The SMILES string of the molecule is CC[N+]1=C(/C=C/C=C/C=C2/N(CCCCCC(=O)N[C@@H](CCC(=O)N[C@@H](CSCC(=O)Nc3ccc([As](O)O)cc3)C(=O)NCC(=O)[O-])C(=O)[O-])c3ccc4c(S(=O)(=O)[O-])cc(SOO[O-])cc4c3C2(C)C)C(C)(C)c2c1ccc1c(SOO[O-])cc(S(=O)(=O)[O-])cc21. The summed E-state index contributed by atoms with van der Waals surface area (Å²) in [5.74, 6) is -6.79. The topological polar surface area (TPSA) is 441 Å². The van der Waals surface area contributed by atoms with Crippen molar-refractivity contribution in [1.29, 1.82) is 0 Å². The van der Waals surface area contributed by atoms with Gasteiger partial charge in [-0.3, -0.25) is 19.7 Å². The van der Waals surface area contributed by atoms with E-state index < -0.39 is 123 Å². The van der Waals surface area contributed by atoms with Crippen LogP contribution in [0.2, 0.25) is 0 Å². The molecular weight excluding hydrogens is 1380 g/mol. The number of amides is 4. The summed E-state index contributed by atoms with van der Waals surface area (Å²) in [6.45, 7) is 9.49. The number of hydrogen-bond donors (Lipinski definition) is 6. The second-order valence-corrected chi connectivity index (χ2v) is 29.6. The van der Waals surface area contributed by atoms with Gasteiger partial charge in [-0.1, -0.05) is 44.6 Å². The molecule has 28 nitrogen and oxygen atoms in total. The monoisotopic (exact) mass is 1440 g/mol. The smallest absolute Gasteiger partial charge is 0.744 e. The normalized spacial score (nSPS) is 15.5. The zero-order chi connectivity index (χ0) is 68.2.